The molecule has 14 nitrogen and oxygen atoms in total. The molecule has 1 unspecified atom stereocenters. The maximum absolute atomic E-state index is 15.5. The van der Waals surface area contributed by atoms with Crippen molar-refractivity contribution in [1.29, 1.82) is 0 Å². The van der Waals surface area contributed by atoms with Gasteiger partial charge in [-0.15, -0.1) is 0 Å². The fraction of sp³-hybridized carbons (Fsp3) is 0.405. The van der Waals surface area contributed by atoms with Gasteiger partial charge in [-0.3, -0.25) is 19.0 Å². The standard InChI is InChI=1S/C42H37ClF10N8O6S2/c1-39(2,68(4,64)65)11-10-23-6-7-24(25-8-9-28(43)33-35(25)60(19-40(46,47)48)58-38(33)61(69(5,66)67)31(63)17-54-3)34(55-23)29(14-20-12-21(44)15-22(45)13-20)56-30(62)18-59-37-32(36(57-59)42(51,52)53)26-16-27(26)41(37,49)50/h6-9,12-13,15,26-27,29,54H,14,16-19H2,1-5H3,(H,56,62)/t26-,27+,29?/m0/s1. The summed E-state index contributed by atoms with van der Waals surface area (Å²) in [7, 11) is -7.29. The summed E-state index contributed by atoms with van der Waals surface area (Å²) >= 11 is 6.59. The average Bonchev–Trinajstić information content (AvgIpc) is 3.71. The second-order valence-electron chi connectivity index (χ2n) is 17.0. The van der Waals surface area contributed by atoms with Crippen molar-refractivity contribution < 1.29 is 70.3 Å². The number of carbonyl (C=O) groups excluding carboxylic acids is 2. The van der Waals surface area contributed by atoms with E-state index in [9.17, 15) is 61.5 Å². The molecule has 3 aromatic heterocycles. The minimum Gasteiger partial charge on any atom is -0.346 e. The molecule has 69 heavy (non-hydrogen) atoms. The summed E-state index contributed by atoms with van der Waals surface area (Å²) < 4.78 is 197. The number of hydrogen-bond donors (Lipinski definition) is 2. The van der Waals surface area contributed by atoms with Crippen LogP contribution in [0.4, 0.5) is 49.7 Å². The number of likely N-dealkylation sites (N-methyl/N-ethyl adjacent to an activating group) is 1. The van der Waals surface area contributed by atoms with E-state index in [1.165, 1.54) is 27.0 Å². The van der Waals surface area contributed by atoms with E-state index in [2.05, 4.69) is 37.7 Å². The molecule has 2 N–H and O–H groups in total. The van der Waals surface area contributed by atoms with Crippen molar-refractivity contribution >= 4 is 60.0 Å². The predicted molar refractivity (Wildman–Crippen MR) is 229 cm³/mol. The molecule has 2 amide bonds. The van der Waals surface area contributed by atoms with Crippen LogP contribution < -0.4 is 14.9 Å². The number of nitrogens with one attached hydrogen (secondary N) is 2. The molecule has 0 aliphatic heterocycles. The predicted octanol–water partition coefficient (Wildman–Crippen LogP) is 6.80. The number of sulfonamides is 1. The van der Waals surface area contributed by atoms with Crippen molar-refractivity contribution in [3.05, 3.63) is 93.0 Å². The molecule has 1 saturated carbocycles. The van der Waals surface area contributed by atoms with Crippen molar-refractivity contribution in [1.82, 2.24) is 35.2 Å². The highest BCUT2D eigenvalue weighted by Gasteiger charge is 2.68. The number of rotatable bonds is 13. The van der Waals surface area contributed by atoms with Gasteiger partial charge in [-0.05, 0) is 81.5 Å². The van der Waals surface area contributed by atoms with Crippen molar-refractivity contribution in [2.75, 3.05) is 30.4 Å². The Morgan fingerprint density at radius 3 is 2.17 bits per heavy atom. The third-order valence-corrected chi connectivity index (χ3v) is 14.7. The maximum atomic E-state index is 15.5. The molecule has 370 valence electrons. The molecule has 2 aromatic carbocycles. The Labute approximate surface area is 391 Å². The van der Waals surface area contributed by atoms with Gasteiger partial charge in [-0.25, -0.2) is 30.6 Å². The fourth-order valence-electron chi connectivity index (χ4n) is 8.08. The van der Waals surface area contributed by atoms with E-state index >= 15 is 8.78 Å². The zero-order chi connectivity index (χ0) is 51.1. The lowest BCUT2D eigenvalue weighted by molar-refractivity contribution is -0.143. The number of hydrogen-bond acceptors (Lipinski definition) is 10. The number of carbonyl (C=O) groups is 2. The smallest absolute Gasteiger partial charge is 0.346 e. The van der Waals surface area contributed by atoms with Gasteiger partial charge < -0.3 is 10.6 Å². The van der Waals surface area contributed by atoms with Crippen molar-refractivity contribution in [3.63, 3.8) is 0 Å². The minimum absolute atomic E-state index is 0.125. The maximum Gasteiger partial charge on any atom is 0.435 e. The molecular weight excluding hydrogens is 1000 g/mol. The molecule has 27 heteroatoms. The lowest BCUT2D eigenvalue weighted by atomic mass is 9.93. The highest BCUT2D eigenvalue weighted by Crippen LogP contribution is 2.68. The van der Waals surface area contributed by atoms with Crippen LogP contribution in [-0.2, 0) is 61.1 Å². The van der Waals surface area contributed by atoms with Crippen LogP contribution in [0.2, 0.25) is 5.02 Å². The molecule has 3 atom stereocenters. The third-order valence-electron chi connectivity index (χ3n) is 11.4. The molecule has 0 saturated heterocycles. The van der Waals surface area contributed by atoms with Crippen LogP contribution in [0.5, 0.6) is 0 Å². The molecule has 1 fully saturated rings. The summed E-state index contributed by atoms with van der Waals surface area (Å²) in [5.74, 6) is -7.06. The Hall–Kier alpha value is -5.78. The van der Waals surface area contributed by atoms with Gasteiger partial charge in [0.1, 0.15) is 40.9 Å². The second kappa shape index (κ2) is 17.6. The molecule has 0 spiro atoms. The normalized spacial score (nSPS) is 17.2. The average molecular weight is 1040 g/mol. The van der Waals surface area contributed by atoms with Crippen LogP contribution in [-0.4, -0.2) is 90.2 Å². The van der Waals surface area contributed by atoms with Crippen LogP contribution in [0.15, 0.2) is 42.5 Å². The molecule has 5 aromatic rings. The van der Waals surface area contributed by atoms with E-state index < -0.39 is 155 Å². The Balaban J connectivity index is 1.49. The summed E-state index contributed by atoms with van der Waals surface area (Å²) in [6.07, 6.45) is -9.80. The van der Waals surface area contributed by atoms with Gasteiger partial charge >= 0.3 is 12.4 Å². The van der Waals surface area contributed by atoms with E-state index in [1.54, 1.807) is 0 Å². The zero-order valence-electron chi connectivity index (χ0n) is 36.4. The Morgan fingerprint density at radius 1 is 0.957 bits per heavy atom. The van der Waals surface area contributed by atoms with E-state index in [0.717, 1.165) is 36.6 Å². The highest BCUT2D eigenvalue weighted by atomic mass is 35.5. The molecule has 0 bridgehead atoms. The summed E-state index contributed by atoms with van der Waals surface area (Å²) in [5.41, 5.74) is -5.70. The van der Waals surface area contributed by atoms with Crippen LogP contribution in [0, 0.1) is 29.4 Å². The number of sulfone groups is 1. The SMILES string of the molecule is CNCC(=O)N(c1nn(CC(F)(F)F)c2c(-c3ccc(C#CC(C)(C)S(C)(=O)=O)nc3C(Cc3cc(F)cc(F)c3)NC(=O)Cn3nc(C(F)(F)F)c4c3C(F)(F)[C@@H]3C[C@H]43)ccc(Cl)c12)S(C)(=O)=O. The number of halogens is 11. The molecule has 7 rings (SSSR count). The molecule has 3 heterocycles. The minimum atomic E-state index is -5.21. The Kier molecular flexibility index (Phi) is 13.0. The molecule has 2 aliphatic rings. The largest absolute Gasteiger partial charge is 0.435 e. The van der Waals surface area contributed by atoms with E-state index in [0.29, 0.717) is 17.0 Å². The van der Waals surface area contributed by atoms with Gasteiger partial charge in [-0.1, -0.05) is 23.6 Å². The van der Waals surface area contributed by atoms with Crippen molar-refractivity contribution in [3.8, 4) is 23.0 Å². The number of amides is 2. The number of pyridine rings is 1. The van der Waals surface area contributed by atoms with E-state index in [1.807, 2.05) is 0 Å². The van der Waals surface area contributed by atoms with Crippen LogP contribution in [0.1, 0.15) is 66.1 Å². The van der Waals surface area contributed by atoms with Crippen LogP contribution in [0.25, 0.3) is 22.0 Å². The molecule has 2 aliphatic carbocycles. The summed E-state index contributed by atoms with van der Waals surface area (Å²) in [5, 5.41) is 11.2. The van der Waals surface area contributed by atoms with Gasteiger partial charge in [0.15, 0.2) is 21.3 Å². The van der Waals surface area contributed by atoms with E-state index in [-0.39, 0.29) is 37.8 Å². The molecule has 0 radical (unpaired) electrons. The summed E-state index contributed by atoms with van der Waals surface area (Å²) in [6, 6.07) is 4.90. The number of nitrogens with zero attached hydrogens (tertiary/aromatic N) is 6. The monoisotopic (exact) mass is 1040 g/mol. The first-order chi connectivity index (χ1) is 31.7. The van der Waals surface area contributed by atoms with Crippen LogP contribution in [0.3, 0.4) is 0 Å². The summed E-state index contributed by atoms with van der Waals surface area (Å²) in [6.45, 7) is -1.40. The highest BCUT2D eigenvalue weighted by molar-refractivity contribution is 7.93. The third kappa shape index (κ3) is 10.1. The molecular formula is C42H37ClF10N8O6S2. The van der Waals surface area contributed by atoms with Gasteiger partial charge in [0.25, 0.3) is 11.8 Å². The van der Waals surface area contributed by atoms with Gasteiger partial charge in [0.05, 0.1) is 40.5 Å². The lowest BCUT2D eigenvalue weighted by Crippen LogP contribution is -2.41. The first-order valence-corrected chi connectivity index (χ1v) is 24.3. The van der Waals surface area contributed by atoms with Gasteiger partial charge in [0, 0.05) is 34.9 Å². The topological polar surface area (TPSA) is 178 Å². The number of benzene rings is 2. The van der Waals surface area contributed by atoms with Gasteiger partial charge in [0.2, 0.25) is 15.9 Å². The Morgan fingerprint density at radius 2 is 1.59 bits per heavy atom. The Bertz CT molecular complexity index is 3220. The second-order valence-corrected chi connectivity index (χ2v) is 21.8. The van der Waals surface area contributed by atoms with Crippen LogP contribution >= 0.6 is 11.6 Å². The van der Waals surface area contributed by atoms with Gasteiger partial charge in [-0.2, -0.15) is 49.6 Å². The number of aromatic nitrogens is 5. The number of anilines is 1. The zero-order valence-corrected chi connectivity index (χ0v) is 38.8. The lowest BCUT2D eigenvalue weighted by Gasteiger charge is -2.23. The van der Waals surface area contributed by atoms with Crippen molar-refractivity contribution in [2.45, 2.75) is 74.8 Å². The summed E-state index contributed by atoms with van der Waals surface area (Å²) in [4.78, 5) is 31.9. The van der Waals surface area contributed by atoms with E-state index in [4.69, 9.17) is 11.6 Å². The number of alkyl halides is 8. The first-order valence-electron chi connectivity index (χ1n) is 20.2. The first kappa shape index (κ1) is 51.1. The fourth-order valence-corrected chi connectivity index (χ4v) is 9.43. The van der Waals surface area contributed by atoms with Crippen molar-refractivity contribution in [2.24, 2.45) is 5.92 Å². The quantitative estimate of drug-likeness (QED) is 0.0942. The number of fused-ring (bicyclic) bond motifs is 4.